The van der Waals surface area contributed by atoms with Crippen molar-refractivity contribution in [3.05, 3.63) is 101 Å². The second-order valence-electron chi connectivity index (χ2n) is 6.71. The van der Waals surface area contributed by atoms with Crippen LogP contribution in [0.1, 0.15) is 24.0 Å². The van der Waals surface area contributed by atoms with Gasteiger partial charge in [0.05, 0.1) is 12.7 Å². The summed E-state index contributed by atoms with van der Waals surface area (Å²) in [5.41, 5.74) is 6.49. The summed E-state index contributed by atoms with van der Waals surface area (Å²) in [6.45, 7) is 3.64. The van der Waals surface area contributed by atoms with Crippen molar-refractivity contribution in [2.24, 2.45) is 0 Å². The van der Waals surface area contributed by atoms with Crippen LogP contribution in [0.5, 0.6) is 0 Å². The number of fused-ring (bicyclic) bond motifs is 1. The van der Waals surface area contributed by atoms with Crippen LogP contribution in [0.3, 0.4) is 0 Å². The van der Waals surface area contributed by atoms with E-state index in [0.717, 1.165) is 16.8 Å². The van der Waals surface area contributed by atoms with Gasteiger partial charge in [0.1, 0.15) is 5.82 Å². The van der Waals surface area contributed by atoms with E-state index in [1.54, 1.807) is 14.2 Å². The zero-order valence-electron chi connectivity index (χ0n) is 16.9. The minimum atomic E-state index is -1.08. The average molecular weight is 407 g/mol. The molecule has 154 valence electrons. The summed E-state index contributed by atoms with van der Waals surface area (Å²) in [6.07, 6.45) is 12.5. The van der Waals surface area contributed by atoms with E-state index in [2.05, 4.69) is 23.7 Å². The molecule has 0 saturated heterocycles. The van der Waals surface area contributed by atoms with Crippen LogP contribution in [0.15, 0.2) is 84.4 Å². The monoisotopic (exact) mass is 407 g/mol. The molecule has 2 N–H and O–H groups in total. The van der Waals surface area contributed by atoms with Crippen LogP contribution in [-0.2, 0) is 4.74 Å². The number of allylic oxidation sites excluding steroid dienone is 5. The third-order valence-corrected chi connectivity index (χ3v) is 4.85. The first-order chi connectivity index (χ1) is 14.5. The smallest absolute Gasteiger partial charge is 0.214 e. The van der Waals surface area contributed by atoms with Crippen LogP contribution in [0.2, 0.25) is 0 Å². The number of rotatable bonds is 6. The topological polar surface area (TPSA) is 48.4 Å². The van der Waals surface area contributed by atoms with Crippen molar-refractivity contribution in [1.29, 1.82) is 5.41 Å². The van der Waals surface area contributed by atoms with Gasteiger partial charge in [0.25, 0.3) is 0 Å². The van der Waals surface area contributed by atoms with Gasteiger partial charge in [-0.1, -0.05) is 24.5 Å². The van der Waals surface area contributed by atoms with Crippen molar-refractivity contribution in [1.82, 2.24) is 10.2 Å². The van der Waals surface area contributed by atoms with E-state index < -0.39 is 11.8 Å². The third-order valence-electron chi connectivity index (χ3n) is 4.85. The molecule has 0 radical (unpaired) electrons. The Hall–Kier alpha value is -3.63. The highest BCUT2D eigenvalue weighted by molar-refractivity contribution is 6.18. The van der Waals surface area contributed by atoms with Crippen LogP contribution in [0.4, 0.5) is 8.78 Å². The molecule has 2 aliphatic heterocycles. The van der Waals surface area contributed by atoms with E-state index in [0.29, 0.717) is 29.7 Å². The predicted molar refractivity (Wildman–Crippen MR) is 116 cm³/mol. The van der Waals surface area contributed by atoms with Gasteiger partial charge < -0.3 is 15.0 Å². The van der Waals surface area contributed by atoms with Gasteiger partial charge in [-0.3, -0.25) is 5.41 Å². The highest BCUT2D eigenvalue weighted by Gasteiger charge is 2.20. The average Bonchev–Trinajstić information content (AvgIpc) is 2.95. The van der Waals surface area contributed by atoms with Crippen molar-refractivity contribution in [3.63, 3.8) is 0 Å². The fraction of sp³-hybridized carbons (Fsp3) is 0.167. The molecule has 0 bridgehead atoms. The predicted octanol–water partition coefficient (Wildman–Crippen LogP) is 5.42. The maximum absolute atomic E-state index is 14.1. The number of hydrogen-bond donors (Lipinski definition) is 2. The second-order valence-corrected chi connectivity index (χ2v) is 6.71. The van der Waals surface area contributed by atoms with Crippen LogP contribution < -0.4 is 5.32 Å². The molecular weight excluding hydrogens is 384 g/mol. The molecule has 0 aliphatic carbocycles. The molecule has 6 heteroatoms. The lowest BCUT2D eigenvalue weighted by atomic mass is 9.92. The molecule has 0 aromatic heterocycles. The van der Waals surface area contributed by atoms with E-state index in [1.807, 2.05) is 29.5 Å². The number of hydrogen-bond acceptors (Lipinski definition) is 4. The van der Waals surface area contributed by atoms with Crippen molar-refractivity contribution in [3.8, 4) is 0 Å². The largest absolute Gasteiger partial charge is 0.489 e. The first-order valence-electron chi connectivity index (χ1n) is 9.44. The van der Waals surface area contributed by atoms with E-state index in [-0.39, 0.29) is 5.57 Å². The van der Waals surface area contributed by atoms with Gasteiger partial charge in [0.15, 0.2) is 5.76 Å². The van der Waals surface area contributed by atoms with Gasteiger partial charge in [0.2, 0.25) is 5.97 Å². The highest BCUT2D eigenvalue weighted by Crippen LogP contribution is 2.34. The molecule has 2 aliphatic rings. The van der Waals surface area contributed by atoms with Gasteiger partial charge in [-0.2, -0.15) is 4.39 Å². The quantitative estimate of drug-likeness (QED) is 0.376. The van der Waals surface area contributed by atoms with E-state index in [1.165, 1.54) is 24.4 Å². The van der Waals surface area contributed by atoms with Crippen LogP contribution in [-0.4, -0.2) is 25.0 Å². The molecule has 0 saturated carbocycles. The molecule has 30 heavy (non-hydrogen) atoms. The summed E-state index contributed by atoms with van der Waals surface area (Å²) in [7, 11) is 3.19. The molecule has 1 aromatic rings. The number of halogens is 2. The number of nitrogens with zero attached hydrogens (tertiary/aromatic N) is 1. The standard InChI is InChI=1S/C24H23F2N3O/c1-4-23(30-3)16-10-11-29-15-17(6-5-7-19(29)12-16)21-13-18(25)8-9-20(21)22(14-28-2)24(26)27/h7-15,27-28H,1,5-6H2,2-3H3/b22-14-,27-24?. The molecule has 3 rings (SSSR count). The SMILES string of the molecule is C=C=C(OC)C1=CC2=CCCC(c3cc(F)ccc3/C(=C/NC)C(=N)F)=CN2C=C1. The lowest BCUT2D eigenvalue weighted by Gasteiger charge is -2.23. The molecule has 0 atom stereocenters. The van der Waals surface area contributed by atoms with Gasteiger partial charge >= 0.3 is 0 Å². The fourth-order valence-corrected chi connectivity index (χ4v) is 3.48. The van der Waals surface area contributed by atoms with Crippen LogP contribution >= 0.6 is 0 Å². The molecule has 1 aromatic carbocycles. The van der Waals surface area contributed by atoms with Crippen LogP contribution in [0.25, 0.3) is 11.1 Å². The summed E-state index contributed by atoms with van der Waals surface area (Å²) in [5.74, 6) is -0.950. The normalized spacial score (nSPS) is 15.8. The number of benzene rings is 1. The Morgan fingerprint density at radius 1 is 1.40 bits per heavy atom. The first-order valence-corrected chi connectivity index (χ1v) is 9.44. The second kappa shape index (κ2) is 9.25. The van der Waals surface area contributed by atoms with Crippen molar-refractivity contribution < 1.29 is 13.5 Å². The molecule has 2 heterocycles. The van der Waals surface area contributed by atoms with Crippen molar-refractivity contribution in [2.75, 3.05) is 14.2 Å². The Labute approximate surface area is 175 Å². The minimum absolute atomic E-state index is 0.0723. The summed E-state index contributed by atoms with van der Waals surface area (Å²) < 4.78 is 33.3. The highest BCUT2D eigenvalue weighted by atomic mass is 19.1. The molecule has 0 fully saturated rings. The maximum Gasteiger partial charge on any atom is 0.214 e. The van der Waals surface area contributed by atoms with E-state index >= 15 is 0 Å². The molecule has 0 spiro atoms. The zero-order valence-corrected chi connectivity index (χ0v) is 16.9. The maximum atomic E-state index is 14.1. The molecule has 4 nitrogen and oxygen atoms in total. The Morgan fingerprint density at radius 2 is 2.20 bits per heavy atom. The van der Waals surface area contributed by atoms with Gasteiger partial charge in [-0.25, -0.2) is 4.39 Å². The summed E-state index contributed by atoms with van der Waals surface area (Å²) >= 11 is 0. The summed E-state index contributed by atoms with van der Waals surface area (Å²) in [4.78, 5) is 1.93. The number of methoxy groups -OCH3 is 1. The zero-order chi connectivity index (χ0) is 21.7. The van der Waals surface area contributed by atoms with Gasteiger partial charge in [-0.15, -0.1) is 0 Å². The van der Waals surface area contributed by atoms with E-state index in [4.69, 9.17) is 10.1 Å². The molecule has 0 amide bonds. The first kappa shape index (κ1) is 21.1. The lowest BCUT2D eigenvalue weighted by Crippen LogP contribution is -2.12. The molecular formula is C24H23F2N3O. The van der Waals surface area contributed by atoms with Crippen molar-refractivity contribution >= 4 is 17.1 Å². The van der Waals surface area contributed by atoms with Gasteiger partial charge in [0, 0.05) is 36.9 Å². The Bertz CT molecular complexity index is 1070. The Balaban J connectivity index is 2.05. The lowest BCUT2D eigenvalue weighted by molar-refractivity contribution is 0.303. The Morgan fingerprint density at radius 3 is 2.87 bits per heavy atom. The summed E-state index contributed by atoms with van der Waals surface area (Å²) in [6, 6.07) is 4.17. The third kappa shape index (κ3) is 4.34. The summed E-state index contributed by atoms with van der Waals surface area (Å²) in [5, 5.41) is 10.2. The number of nitrogens with one attached hydrogen (secondary N) is 2. The fourth-order valence-electron chi connectivity index (χ4n) is 3.48. The Kier molecular flexibility index (Phi) is 6.50. The molecule has 0 unspecified atom stereocenters. The van der Waals surface area contributed by atoms with Crippen LogP contribution in [0, 0.1) is 11.2 Å². The van der Waals surface area contributed by atoms with Crippen molar-refractivity contribution in [2.45, 2.75) is 12.8 Å². The number of ether oxygens (including phenoxy) is 1. The van der Waals surface area contributed by atoms with E-state index in [9.17, 15) is 8.78 Å². The minimum Gasteiger partial charge on any atom is -0.489 e. The van der Waals surface area contributed by atoms with Gasteiger partial charge in [-0.05, 0) is 53.8 Å².